The third-order valence-corrected chi connectivity index (χ3v) is 8.58. The number of rotatable bonds is 6. The Morgan fingerprint density at radius 2 is 1.94 bits per heavy atom. The number of amides is 1. The summed E-state index contributed by atoms with van der Waals surface area (Å²) in [7, 11) is -3.06. The monoisotopic (exact) mass is 487 g/mol. The van der Waals surface area contributed by atoms with E-state index in [9.17, 15) is 18.0 Å². The molecule has 2 aromatic carbocycles. The molecule has 1 fully saturated rings. The van der Waals surface area contributed by atoms with Crippen LogP contribution < -0.4 is 10.2 Å². The molecule has 1 amide bonds. The number of amidine groups is 1. The van der Waals surface area contributed by atoms with Crippen LogP contribution in [0.1, 0.15) is 22.8 Å². The fraction of sp³-hybridized carbons (Fsp3) is 0.348. The summed E-state index contributed by atoms with van der Waals surface area (Å²) in [5.41, 5.74) is 2.83. The van der Waals surface area contributed by atoms with Gasteiger partial charge in [0, 0.05) is 16.6 Å². The van der Waals surface area contributed by atoms with E-state index in [2.05, 4.69) is 10.3 Å². The van der Waals surface area contributed by atoms with E-state index in [1.165, 1.54) is 11.8 Å². The normalized spacial score (nSPS) is 20.6. The summed E-state index contributed by atoms with van der Waals surface area (Å²) >= 11 is 1.42. The number of thioether (sulfide) groups is 1. The summed E-state index contributed by atoms with van der Waals surface area (Å²) in [5, 5.41) is 3.39. The molecule has 0 unspecified atom stereocenters. The molecule has 174 valence electrons. The highest BCUT2D eigenvalue weighted by molar-refractivity contribution is 8.15. The lowest BCUT2D eigenvalue weighted by Crippen LogP contribution is -2.36. The Bertz CT molecular complexity index is 1190. The summed E-state index contributed by atoms with van der Waals surface area (Å²) in [6.07, 6.45) is 0. The smallest absolute Gasteiger partial charge is 0.338 e. The molecular weight excluding hydrogens is 462 g/mol. The SMILES string of the molecule is CCOC(=O)c1ccc(NC(=O)CN(C2=N[C@H]3CS(=O)(=O)C[C@H]3S2)c2cccc(C)c2)cc1. The molecule has 2 atom stereocenters. The van der Waals surface area contributed by atoms with Crippen LogP contribution in [-0.2, 0) is 19.4 Å². The van der Waals surface area contributed by atoms with Crippen molar-refractivity contribution in [2.45, 2.75) is 25.1 Å². The topological polar surface area (TPSA) is 105 Å². The number of sulfone groups is 1. The van der Waals surface area contributed by atoms with Crippen molar-refractivity contribution in [1.29, 1.82) is 0 Å². The van der Waals surface area contributed by atoms with Gasteiger partial charge in [0.25, 0.3) is 0 Å². The van der Waals surface area contributed by atoms with Crippen LogP contribution in [-0.4, -0.2) is 61.4 Å². The number of nitrogens with one attached hydrogen (secondary N) is 1. The average molecular weight is 488 g/mol. The van der Waals surface area contributed by atoms with Gasteiger partial charge in [-0.05, 0) is 55.8 Å². The van der Waals surface area contributed by atoms with E-state index in [0.29, 0.717) is 23.0 Å². The lowest BCUT2D eigenvalue weighted by molar-refractivity contribution is -0.114. The van der Waals surface area contributed by atoms with Gasteiger partial charge >= 0.3 is 5.97 Å². The zero-order valence-electron chi connectivity index (χ0n) is 18.4. The molecule has 2 heterocycles. The average Bonchev–Trinajstić information content (AvgIpc) is 3.26. The minimum atomic E-state index is -3.06. The molecule has 2 aliphatic heterocycles. The summed E-state index contributed by atoms with van der Waals surface area (Å²) in [6, 6.07) is 14.0. The second-order valence-corrected chi connectivity index (χ2v) is 11.3. The number of carbonyl (C=O) groups excluding carboxylic acids is 2. The van der Waals surface area contributed by atoms with Crippen molar-refractivity contribution in [1.82, 2.24) is 0 Å². The number of ether oxygens (including phenoxy) is 1. The highest BCUT2D eigenvalue weighted by atomic mass is 32.2. The molecule has 1 N–H and O–H groups in total. The fourth-order valence-corrected chi connectivity index (χ4v) is 7.56. The first-order valence-corrected chi connectivity index (χ1v) is 13.3. The predicted octanol–water partition coefficient (Wildman–Crippen LogP) is 2.89. The zero-order valence-corrected chi connectivity index (χ0v) is 20.0. The summed E-state index contributed by atoms with van der Waals surface area (Å²) in [5.74, 6) is -0.511. The number of carbonyl (C=O) groups is 2. The molecule has 2 aliphatic rings. The van der Waals surface area contributed by atoms with Crippen LogP contribution >= 0.6 is 11.8 Å². The number of hydrogen-bond donors (Lipinski definition) is 1. The van der Waals surface area contributed by atoms with Gasteiger partial charge in [0.15, 0.2) is 15.0 Å². The van der Waals surface area contributed by atoms with Gasteiger partial charge in [0.05, 0.1) is 29.7 Å². The molecule has 10 heteroatoms. The van der Waals surface area contributed by atoms with Crippen LogP contribution in [0.15, 0.2) is 53.5 Å². The number of fused-ring (bicyclic) bond motifs is 1. The van der Waals surface area contributed by atoms with Gasteiger partial charge in [0.1, 0.15) is 6.54 Å². The summed E-state index contributed by atoms with van der Waals surface area (Å²) in [6.45, 7) is 4.02. The van der Waals surface area contributed by atoms with Gasteiger partial charge in [-0.3, -0.25) is 9.79 Å². The van der Waals surface area contributed by atoms with Gasteiger partial charge in [-0.1, -0.05) is 23.9 Å². The van der Waals surface area contributed by atoms with Crippen molar-refractivity contribution < 1.29 is 22.7 Å². The van der Waals surface area contributed by atoms with E-state index in [1.807, 2.05) is 36.1 Å². The van der Waals surface area contributed by atoms with Gasteiger partial charge < -0.3 is 15.0 Å². The molecule has 4 rings (SSSR count). The van der Waals surface area contributed by atoms with Crippen molar-refractivity contribution >= 4 is 50.0 Å². The predicted molar refractivity (Wildman–Crippen MR) is 131 cm³/mol. The third kappa shape index (κ3) is 5.56. The van der Waals surface area contributed by atoms with E-state index in [4.69, 9.17) is 4.74 Å². The van der Waals surface area contributed by atoms with Crippen LogP contribution in [0, 0.1) is 6.92 Å². The zero-order chi connectivity index (χ0) is 23.6. The number of benzene rings is 2. The second kappa shape index (κ2) is 9.56. The number of aryl methyl sites for hydroxylation is 1. The van der Waals surface area contributed by atoms with Crippen molar-refractivity contribution in [3.8, 4) is 0 Å². The lowest BCUT2D eigenvalue weighted by atomic mass is 10.2. The lowest BCUT2D eigenvalue weighted by Gasteiger charge is -2.24. The van der Waals surface area contributed by atoms with Gasteiger partial charge in [0.2, 0.25) is 5.91 Å². The summed E-state index contributed by atoms with van der Waals surface area (Å²) in [4.78, 5) is 31.2. The Labute approximate surface area is 197 Å². The summed E-state index contributed by atoms with van der Waals surface area (Å²) < 4.78 is 28.8. The second-order valence-electron chi connectivity index (χ2n) is 7.98. The Morgan fingerprint density at radius 1 is 1.18 bits per heavy atom. The van der Waals surface area contributed by atoms with Gasteiger partial charge in [-0.15, -0.1) is 0 Å². The van der Waals surface area contributed by atoms with Crippen LogP contribution in [0.4, 0.5) is 11.4 Å². The molecule has 0 bridgehead atoms. The van der Waals surface area contributed by atoms with Crippen LogP contribution in [0.3, 0.4) is 0 Å². The quantitative estimate of drug-likeness (QED) is 0.625. The first kappa shape index (κ1) is 23.3. The van der Waals surface area contributed by atoms with Crippen molar-refractivity contribution in [3.63, 3.8) is 0 Å². The van der Waals surface area contributed by atoms with Gasteiger partial charge in [-0.2, -0.15) is 0 Å². The molecule has 0 radical (unpaired) electrons. The maximum absolute atomic E-state index is 12.9. The molecular formula is C23H25N3O5S2. The Hall–Kier alpha value is -2.85. The molecule has 8 nitrogen and oxygen atoms in total. The van der Waals surface area contributed by atoms with Crippen molar-refractivity contribution in [2.24, 2.45) is 4.99 Å². The number of anilines is 2. The van der Waals surface area contributed by atoms with Crippen molar-refractivity contribution in [2.75, 3.05) is 34.9 Å². The number of nitrogens with zero attached hydrogens (tertiary/aromatic N) is 2. The minimum Gasteiger partial charge on any atom is -0.462 e. The number of hydrogen-bond acceptors (Lipinski definition) is 8. The number of aliphatic imine (C=N–C) groups is 1. The van der Waals surface area contributed by atoms with Crippen molar-refractivity contribution in [3.05, 3.63) is 59.7 Å². The standard InChI is InChI=1S/C23H25N3O5S2/c1-3-31-22(28)16-7-9-17(10-8-16)24-21(27)12-26(18-6-4-5-15(2)11-18)23-25-19-13-33(29,30)14-20(19)32-23/h4-11,19-20H,3,12-14H2,1-2H3,(H,24,27)/t19-,20+/m0/s1. The molecule has 1 saturated heterocycles. The molecule has 0 aliphatic carbocycles. The van der Waals surface area contributed by atoms with Crippen LogP contribution in [0.2, 0.25) is 0 Å². The molecule has 33 heavy (non-hydrogen) atoms. The van der Waals surface area contributed by atoms with Gasteiger partial charge in [-0.25, -0.2) is 13.2 Å². The highest BCUT2D eigenvalue weighted by Crippen LogP contribution is 2.36. The van der Waals surface area contributed by atoms with E-state index in [-0.39, 0.29) is 35.2 Å². The molecule has 0 saturated carbocycles. The molecule has 0 spiro atoms. The van der Waals surface area contributed by atoms with E-state index in [1.54, 1.807) is 31.2 Å². The van der Waals surface area contributed by atoms with Crippen LogP contribution in [0.25, 0.3) is 0 Å². The van der Waals surface area contributed by atoms with E-state index in [0.717, 1.165) is 11.3 Å². The first-order valence-electron chi connectivity index (χ1n) is 10.6. The maximum atomic E-state index is 12.9. The largest absolute Gasteiger partial charge is 0.462 e. The Morgan fingerprint density at radius 3 is 2.61 bits per heavy atom. The first-order chi connectivity index (χ1) is 15.7. The maximum Gasteiger partial charge on any atom is 0.338 e. The minimum absolute atomic E-state index is 0.0150. The Balaban J connectivity index is 1.50. The third-order valence-electron chi connectivity index (χ3n) is 5.33. The highest BCUT2D eigenvalue weighted by Gasteiger charge is 2.44. The molecule has 2 aromatic rings. The molecule has 0 aromatic heterocycles. The van der Waals surface area contributed by atoms with Crippen LogP contribution in [0.5, 0.6) is 0 Å². The number of esters is 1. The fourth-order valence-electron chi connectivity index (χ4n) is 3.78. The van der Waals surface area contributed by atoms with E-state index >= 15 is 0 Å². The Kier molecular flexibility index (Phi) is 6.76. The van der Waals surface area contributed by atoms with E-state index < -0.39 is 15.8 Å².